The van der Waals surface area contributed by atoms with Crippen molar-refractivity contribution in [3.63, 3.8) is 0 Å². The van der Waals surface area contributed by atoms with E-state index in [1.165, 1.54) is 0 Å². The van der Waals surface area contributed by atoms with Crippen LogP contribution in [0.4, 0.5) is 0 Å². The molecule has 0 saturated heterocycles. The highest BCUT2D eigenvalue weighted by Crippen LogP contribution is 2.20. The molecular weight excluding hydrogens is 200 g/mol. The maximum absolute atomic E-state index is 10.7. The van der Waals surface area contributed by atoms with Gasteiger partial charge in [0.1, 0.15) is 0 Å². The third kappa shape index (κ3) is 2.69. The molecule has 0 atom stereocenters. The smallest absolute Gasteiger partial charge is 0.150 e. The van der Waals surface area contributed by atoms with Crippen molar-refractivity contribution in [3.05, 3.63) is 40.4 Å². The van der Waals surface area contributed by atoms with Gasteiger partial charge >= 0.3 is 0 Å². The Bertz CT molecular complexity index is 345. The van der Waals surface area contributed by atoms with Gasteiger partial charge in [0.05, 0.1) is 0 Å². The largest absolute Gasteiger partial charge is 0.396 e. The summed E-state index contributed by atoms with van der Waals surface area (Å²) in [5.74, 6) is 0. The number of carbonyl (C=O) groups excluding carboxylic acids is 1. The first-order chi connectivity index (χ1) is 6.79. The predicted molar refractivity (Wildman–Crippen MR) is 57.6 cm³/mol. The van der Waals surface area contributed by atoms with Crippen LogP contribution in [0.25, 0.3) is 6.08 Å². The van der Waals surface area contributed by atoms with E-state index in [1.54, 1.807) is 30.4 Å². The van der Waals surface area contributed by atoms with Crippen molar-refractivity contribution in [3.8, 4) is 0 Å². The van der Waals surface area contributed by atoms with Crippen LogP contribution in [0.5, 0.6) is 0 Å². The van der Waals surface area contributed by atoms with Gasteiger partial charge in [0, 0.05) is 22.8 Å². The van der Waals surface area contributed by atoms with Gasteiger partial charge in [0.15, 0.2) is 6.29 Å². The number of hydrogen-bond acceptors (Lipinski definition) is 2. The second-order valence-electron chi connectivity index (χ2n) is 2.78. The van der Waals surface area contributed by atoms with Crippen LogP contribution in [0, 0.1) is 0 Å². The average Bonchev–Trinajstić information content (AvgIpc) is 2.20. The van der Waals surface area contributed by atoms with Crippen LogP contribution in [-0.4, -0.2) is 18.0 Å². The Kier molecular flexibility index (Phi) is 4.36. The minimum absolute atomic E-state index is 0.0946. The number of halogens is 1. The Morgan fingerprint density at radius 1 is 1.43 bits per heavy atom. The molecule has 2 nitrogen and oxygen atoms in total. The second-order valence-corrected chi connectivity index (χ2v) is 3.18. The molecule has 3 heteroatoms. The van der Waals surface area contributed by atoms with Gasteiger partial charge in [-0.05, 0) is 12.5 Å². The van der Waals surface area contributed by atoms with E-state index in [2.05, 4.69) is 0 Å². The van der Waals surface area contributed by atoms with E-state index in [1.807, 2.05) is 0 Å². The minimum atomic E-state index is 0.0946. The molecule has 0 fully saturated rings. The number of benzene rings is 1. The molecule has 1 aromatic carbocycles. The molecule has 0 aliphatic heterocycles. The SMILES string of the molecule is O=Cc1cccc(Cl)c1C=CCCO. The normalized spacial score (nSPS) is 10.7. The monoisotopic (exact) mass is 210 g/mol. The van der Waals surface area contributed by atoms with Crippen LogP contribution in [0.15, 0.2) is 24.3 Å². The van der Waals surface area contributed by atoms with Crippen LogP contribution in [0.1, 0.15) is 22.3 Å². The third-order valence-corrected chi connectivity index (χ3v) is 2.12. The summed E-state index contributed by atoms with van der Waals surface area (Å²) in [6.07, 6.45) is 4.87. The summed E-state index contributed by atoms with van der Waals surface area (Å²) in [7, 11) is 0. The van der Waals surface area contributed by atoms with E-state index < -0.39 is 0 Å². The van der Waals surface area contributed by atoms with Gasteiger partial charge < -0.3 is 5.11 Å². The number of aliphatic hydroxyl groups excluding tert-OH is 1. The summed E-state index contributed by atoms with van der Waals surface area (Å²) in [5, 5.41) is 9.13. The van der Waals surface area contributed by atoms with Crippen molar-refractivity contribution >= 4 is 24.0 Å². The molecule has 0 amide bonds. The maximum atomic E-state index is 10.7. The molecule has 0 unspecified atom stereocenters. The van der Waals surface area contributed by atoms with Crippen LogP contribution in [0.3, 0.4) is 0 Å². The lowest BCUT2D eigenvalue weighted by Gasteiger charge is -2.00. The number of carbonyl (C=O) groups is 1. The quantitative estimate of drug-likeness (QED) is 0.776. The van der Waals surface area contributed by atoms with Crippen LogP contribution in [-0.2, 0) is 0 Å². The zero-order valence-electron chi connectivity index (χ0n) is 7.61. The average molecular weight is 211 g/mol. The zero-order chi connectivity index (χ0) is 10.4. The van der Waals surface area contributed by atoms with E-state index in [4.69, 9.17) is 16.7 Å². The van der Waals surface area contributed by atoms with E-state index in [9.17, 15) is 4.79 Å². The van der Waals surface area contributed by atoms with E-state index >= 15 is 0 Å². The van der Waals surface area contributed by atoms with Crippen molar-refractivity contribution in [1.82, 2.24) is 0 Å². The van der Waals surface area contributed by atoms with Gasteiger partial charge in [0.2, 0.25) is 0 Å². The molecule has 0 aromatic heterocycles. The van der Waals surface area contributed by atoms with Crippen molar-refractivity contribution < 1.29 is 9.90 Å². The van der Waals surface area contributed by atoms with Crippen molar-refractivity contribution in [2.24, 2.45) is 0 Å². The molecule has 0 spiro atoms. The molecule has 1 rings (SSSR count). The first-order valence-corrected chi connectivity index (χ1v) is 4.68. The third-order valence-electron chi connectivity index (χ3n) is 1.79. The number of rotatable bonds is 4. The highest BCUT2D eigenvalue weighted by molar-refractivity contribution is 6.32. The predicted octanol–water partition coefficient (Wildman–Crippen LogP) is 2.55. The summed E-state index contributed by atoms with van der Waals surface area (Å²) in [6, 6.07) is 5.17. The molecule has 0 aliphatic carbocycles. The van der Waals surface area contributed by atoms with Gasteiger partial charge in [-0.2, -0.15) is 0 Å². The number of aldehydes is 1. The summed E-state index contributed by atoms with van der Waals surface area (Å²) in [6.45, 7) is 0.0946. The first kappa shape index (κ1) is 11.0. The fourth-order valence-corrected chi connectivity index (χ4v) is 1.35. The topological polar surface area (TPSA) is 37.3 Å². The first-order valence-electron chi connectivity index (χ1n) is 4.30. The molecule has 1 aromatic rings. The fourth-order valence-electron chi connectivity index (χ4n) is 1.11. The Balaban J connectivity index is 2.98. The van der Waals surface area contributed by atoms with Crippen molar-refractivity contribution in [2.75, 3.05) is 6.61 Å². The second kappa shape index (κ2) is 5.58. The summed E-state index contributed by atoms with van der Waals surface area (Å²) in [5.41, 5.74) is 1.27. The van der Waals surface area contributed by atoms with Gasteiger partial charge in [-0.3, -0.25) is 4.79 Å². The maximum Gasteiger partial charge on any atom is 0.150 e. The lowest BCUT2D eigenvalue weighted by atomic mass is 10.1. The van der Waals surface area contributed by atoms with E-state index in [0.717, 1.165) is 6.29 Å². The molecule has 0 heterocycles. The van der Waals surface area contributed by atoms with Gasteiger partial charge in [-0.15, -0.1) is 0 Å². The van der Waals surface area contributed by atoms with Crippen molar-refractivity contribution in [1.29, 1.82) is 0 Å². The van der Waals surface area contributed by atoms with Crippen molar-refractivity contribution in [2.45, 2.75) is 6.42 Å². The minimum Gasteiger partial charge on any atom is -0.396 e. The summed E-state index contributed by atoms with van der Waals surface area (Å²) >= 11 is 5.91. The van der Waals surface area contributed by atoms with Crippen LogP contribution < -0.4 is 0 Å². The van der Waals surface area contributed by atoms with Gasteiger partial charge in [0.25, 0.3) is 0 Å². The zero-order valence-corrected chi connectivity index (χ0v) is 8.37. The van der Waals surface area contributed by atoms with Crippen LogP contribution >= 0.6 is 11.6 Å². The standard InChI is InChI=1S/C11H11ClO2/c12-11-6-3-4-9(8-14)10(11)5-1-2-7-13/h1,3-6,8,13H,2,7H2. The molecule has 1 N–H and O–H groups in total. The number of aliphatic hydroxyl groups is 1. The highest BCUT2D eigenvalue weighted by atomic mass is 35.5. The Labute approximate surface area is 87.8 Å². The Hall–Kier alpha value is -1.12. The Morgan fingerprint density at radius 3 is 2.86 bits per heavy atom. The summed E-state index contributed by atoms with van der Waals surface area (Å²) < 4.78 is 0. The summed E-state index contributed by atoms with van der Waals surface area (Å²) in [4.78, 5) is 10.7. The van der Waals surface area contributed by atoms with E-state index in [-0.39, 0.29) is 6.61 Å². The van der Waals surface area contributed by atoms with Gasteiger partial charge in [-0.25, -0.2) is 0 Å². The molecule has 14 heavy (non-hydrogen) atoms. The van der Waals surface area contributed by atoms with Crippen LogP contribution in [0.2, 0.25) is 5.02 Å². The lowest BCUT2D eigenvalue weighted by molar-refractivity contribution is 0.112. The molecular formula is C11H11ClO2. The molecule has 0 aliphatic rings. The Morgan fingerprint density at radius 2 is 2.21 bits per heavy atom. The molecule has 74 valence electrons. The lowest BCUT2D eigenvalue weighted by Crippen LogP contribution is -1.87. The highest BCUT2D eigenvalue weighted by Gasteiger charge is 2.01. The fraction of sp³-hybridized carbons (Fsp3) is 0.182. The molecule has 0 saturated carbocycles. The van der Waals surface area contributed by atoms with Gasteiger partial charge in [-0.1, -0.05) is 35.9 Å². The van der Waals surface area contributed by atoms with E-state index in [0.29, 0.717) is 22.6 Å². The molecule has 0 bridgehead atoms. The molecule has 0 radical (unpaired) electrons. The number of hydrogen-bond donors (Lipinski definition) is 1.